The van der Waals surface area contributed by atoms with E-state index in [0.29, 0.717) is 10.9 Å². The molecule has 0 saturated heterocycles. The standard InChI is InChI=1S/C12H12BrF3O/c1-2-9(8-13)7-10-5-3-4-6-11(10)17-12(14,15)16/h3-7H,2,8H2,1H3. The van der Waals surface area contributed by atoms with Crippen LogP contribution in [0, 0.1) is 0 Å². The van der Waals surface area contributed by atoms with Crippen molar-refractivity contribution in [2.45, 2.75) is 19.7 Å². The molecule has 0 bridgehead atoms. The maximum Gasteiger partial charge on any atom is 0.573 e. The second-order valence-corrected chi connectivity index (χ2v) is 3.94. The Morgan fingerprint density at radius 3 is 2.53 bits per heavy atom. The van der Waals surface area contributed by atoms with Gasteiger partial charge in [0.25, 0.3) is 0 Å². The van der Waals surface area contributed by atoms with Gasteiger partial charge in [-0.15, -0.1) is 13.2 Å². The molecule has 0 N–H and O–H groups in total. The first-order valence-electron chi connectivity index (χ1n) is 5.06. The van der Waals surface area contributed by atoms with Crippen LogP contribution in [-0.2, 0) is 0 Å². The number of allylic oxidation sites excluding steroid dienone is 1. The SMILES string of the molecule is CCC(=Cc1ccccc1OC(F)(F)F)CBr. The van der Waals surface area contributed by atoms with Crippen molar-refractivity contribution in [3.8, 4) is 5.75 Å². The molecule has 0 radical (unpaired) electrons. The third-order valence-corrected chi connectivity index (χ3v) is 2.85. The van der Waals surface area contributed by atoms with Gasteiger partial charge in [-0.3, -0.25) is 0 Å². The fourth-order valence-electron chi connectivity index (χ4n) is 1.27. The topological polar surface area (TPSA) is 9.23 Å². The van der Waals surface area contributed by atoms with E-state index in [9.17, 15) is 13.2 Å². The van der Waals surface area contributed by atoms with Crippen molar-refractivity contribution in [2.75, 3.05) is 5.33 Å². The van der Waals surface area contributed by atoms with Crippen molar-refractivity contribution >= 4 is 22.0 Å². The van der Waals surface area contributed by atoms with Gasteiger partial charge in [0.1, 0.15) is 5.75 Å². The first kappa shape index (κ1) is 14.1. The number of para-hydroxylation sites is 1. The molecule has 0 heterocycles. The number of hydrogen-bond acceptors (Lipinski definition) is 1. The summed E-state index contributed by atoms with van der Waals surface area (Å²) >= 11 is 3.29. The zero-order chi connectivity index (χ0) is 12.9. The molecular weight excluding hydrogens is 297 g/mol. The summed E-state index contributed by atoms with van der Waals surface area (Å²) in [5.74, 6) is -0.174. The molecule has 5 heteroatoms. The normalized spacial score (nSPS) is 12.6. The van der Waals surface area contributed by atoms with E-state index in [2.05, 4.69) is 20.7 Å². The van der Waals surface area contributed by atoms with Crippen LogP contribution in [0.2, 0.25) is 0 Å². The molecule has 0 atom stereocenters. The molecule has 0 saturated carbocycles. The molecule has 0 fully saturated rings. The Kier molecular flexibility index (Phi) is 5.05. The lowest BCUT2D eigenvalue weighted by Crippen LogP contribution is -2.17. The molecule has 0 aromatic heterocycles. The Morgan fingerprint density at radius 2 is 2.00 bits per heavy atom. The lowest BCUT2D eigenvalue weighted by atomic mass is 10.1. The first-order chi connectivity index (χ1) is 7.96. The zero-order valence-electron chi connectivity index (χ0n) is 9.22. The molecule has 1 nitrogen and oxygen atoms in total. The molecule has 0 spiro atoms. The Morgan fingerprint density at radius 1 is 1.35 bits per heavy atom. The second kappa shape index (κ2) is 6.10. The third-order valence-electron chi connectivity index (χ3n) is 2.13. The molecule has 0 aliphatic rings. The quantitative estimate of drug-likeness (QED) is 0.728. The fourth-order valence-corrected chi connectivity index (χ4v) is 1.83. The van der Waals surface area contributed by atoms with Crippen molar-refractivity contribution < 1.29 is 17.9 Å². The minimum Gasteiger partial charge on any atom is -0.405 e. The molecule has 0 unspecified atom stereocenters. The number of hydrogen-bond donors (Lipinski definition) is 0. The highest BCUT2D eigenvalue weighted by molar-refractivity contribution is 9.09. The van der Waals surface area contributed by atoms with E-state index in [0.717, 1.165) is 12.0 Å². The third kappa shape index (κ3) is 4.81. The molecule has 0 aliphatic carbocycles. The van der Waals surface area contributed by atoms with Crippen LogP contribution in [0.4, 0.5) is 13.2 Å². The molecular formula is C12H12BrF3O. The summed E-state index contributed by atoms with van der Waals surface area (Å²) in [7, 11) is 0. The van der Waals surface area contributed by atoms with Crippen LogP contribution in [0.25, 0.3) is 6.08 Å². The maximum absolute atomic E-state index is 12.2. The lowest BCUT2D eigenvalue weighted by molar-refractivity contribution is -0.274. The highest BCUT2D eigenvalue weighted by Crippen LogP contribution is 2.28. The highest BCUT2D eigenvalue weighted by atomic mass is 79.9. The molecule has 94 valence electrons. The van der Waals surface area contributed by atoms with Gasteiger partial charge in [0.15, 0.2) is 0 Å². The largest absolute Gasteiger partial charge is 0.573 e. The monoisotopic (exact) mass is 308 g/mol. The van der Waals surface area contributed by atoms with E-state index in [-0.39, 0.29) is 5.75 Å². The molecule has 17 heavy (non-hydrogen) atoms. The van der Waals surface area contributed by atoms with Gasteiger partial charge in [-0.25, -0.2) is 0 Å². The summed E-state index contributed by atoms with van der Waals surface area (Å²) in [5, 5.41) is 0.629. The summed E-state index contributed by atoms with van der Waals surface area (Å²) in [5.41, 5.74) is 1.43. The van der Waals surface area contributed by atoms with E-state index in [4.69, 9.17) is 0 Å². The summed E-state index contributed by atoms with van der Waals surface area (Å²) in [6.45, 7) is 1.94. The van der Waals surface area contributed by atoms with Gasteiger partial charge in [-0.1, -0.05) is 52.7 Å². The van der Waals surface area contributed by atoms with E-state index in [1.54, 1.807) is 18.2 Å². The van der Waals surface area contributed by atoms with Crippen LogP contribution < -0.4 is 4.74 Å². The van der Waals surface area contributed by atoms with E-state index >= 15 is 0 Å². The number of halogens is 4. The number of rotatable bonds is 4. The fraction of sp³-hybridized carbons (Fsp3) is 0.333. The van der Waals surface area contributed by atoms with Gasteiger partial charge in [0, 0.05) is 10.9 Å². The lowest BCUT2D eigenvalue weighted by Gasteiger charge is -2.11. The predicted molar refractivity (Wildman–Crippen MR) is 65.2 cm³/mol. The Balaban J connectivity index is 3.04. The van der Waals surface area contributed by atoms with Crippen molar-refractivity contribution in [2.24, 2.45) is 0 Å². The predicted octanol–water partition coefficient (Wildman–Crippen LogP) is 4.77. The van der Waals surface area contributed by atoms with Crippen LogP contribution >= 0.6 is 15.9 Å². The van der Waals surface area contributed by atoms with Crippen LogP contribution in [-0.4, -0.2) is 11.7 Å². The zero-order valence-corrected chi connectivity index (χ0v) is 10.8. The average Bonchev–Trinajstić information content (AvgIpc) is 2.26. The molecule has 1 aromatic carbocycles. The van der Waals surface area contributed by atoms with Crippen molar-refractivity contribution in [3.05, 3.63) is 35.4 Å². The minimum absolute atomic E-state index is 0.174. The van der Waals surface area contributed by atoms with E-state index in [1.165, 1.54) is 12.1 Å². The van der Waals surface area contributed by atoms with Crippen LogP contribution in [0.3, 0.4) is 0 Å². The van der Waals surface area contributed by atoms with Crippen molar-refractivity contribution in [1.29, 1.82) is 0 Å². The van der Waals surface area contributed by atoms with Gasteiger partial charge in [-0.05, 0) is 12.5 Å². The summed E-state index contributed by atoms with van der Waals surface area (Å²) in [4.78, 5) is 0. The van der Waals surface area contributed by atoms with Crippen LogP contribution in [0.1, 0.15) is 18.9 Å². The summed E-state index contributed by atoms with van der Waals surface area (Å²) in [6.07, 6.45) is -2.19. The minimum atomic E-state index is -4.66. The Labute approximate surface area is 106 Å². The van der Waals surface area contributed by atoms with Crippen LogP contribution in [0.15, 0.2) is 29.8 Å². The van der Waals surface area contributed by atoms with Gasteiger partial charge in [0.05, 0.1) is 0 Å². The van der Waals surface area contributed by atoms with Gasteiger partial charge in [-0.2, -0.15) is 0 Å². The average molecular weight is 309 g/mol. The smallest absolute Gasteiger partial charge is 0.405 e. The number of ether oxygens (including phenoxy) is 1. The van der Waals surface area contributed by atoms with E-state index in [1.807, 2.05) is 6.92 Å². The Hall–Kier alpha value is -0.970. The summed E-state index contributed by atoms with van der Waals surface area (Å²) in [6, 6.07) is 6.09. The van der Waals surface area contributed by atoms with Gasteiger partial charge in [0.2, 0.25) is 0 Å². The highest BCUT2D eigenvalue weighted by Gasteiger charge is 2.31. The second-order valence-electron chi connectivity index (χ2n) is 3.38. The first-order valence-corrected chi connectivity index (χ1v) is 6.18. The van der Waals surface area contributed by atoms with Crippen LogP contribution in [0.5, 0.6) is 5.75 Å². The summed E-state index contributed by atoms with van der Waals surface area (Å²) < 4.78 is 40.5. The van der Waals surface area contributed by atoms with Gasteiger partial charge < -0.3 is 4.74 Å². The Bertz CT molecular complexity index is 393. The van der Waals surface area contributed by atoms with Crippen molar-refractivity contribution in [3.63, 3.8) is 0 Å². The number of benzene rings is 1. The van der Waals surface area contributed by atoms with E-state index < -0.39 is 6.36 Å². The van der Waals surface area contributed by atoms with Gasteiger partial charge >= 0.3 is 6.36 Å². The molecule has 1 aromatic rings. The molecule has 0 aliphatic heterocycles. The molecule has 1 rings (SSSR count). The maximum atomic E-state index is 12.2. The number of alkyl halides is 4. The van der Waals surface area contributed by atoms with Crippen molar-refractivity contribution in [1.82, 2.24) is 0 Å². The molecule has 0 amide bonds.